The lowest BCUT2D eigenvalue weighted by Crippen LogP contribution is -2.39. The fourth-order valence-corrected chi connectivity index (χ4v) is 2.14. The molecule has 1 heterocycles. The van der Waals surface area contributed by atoms with E-state index >= 15 is 0 Å². The number of benzene rings is 1. The van der Waals surface area contributed by atoms with Gasteiger partial charge in [-0.15, -0.1) is 11.6 Å². The maximum atomic E-state index is 11.9. The molecule has 98 valence electrons. The predicted molar refractivity (Wildman–Crippen MR) is 72.4 cm³/mol. The molecule has 4 nitrogen and oxygen atoms in total. The van der Waals surface area contributed by atoms with Gasteiger partial charge >= 0.3 is 0 Å². The molecule has 0 saturated carbocycles. The molecule has 1 aliphatic rings. The van der Waals surface area contributed by atoms with Gasteiger partial charge < -0.3 is 15.0 Å². The Hall–Kier alpha value is -1.26. The van der Waals surface area contributed by atoms with Crippen molar-refractivity contribution in [3.05, 3.63) is 23.8 Å². The molecule has 1 N–H and O–H groups in total. The van der Waals surface area contributed by atoms with Crippen LogP contribution in [0.5, 0.6) is 5.75 Å². The smallest absolute Gasteiger partial charge is 0.265 e. The molecule has 0 saturated heterocycles. The van der Waals surface area contributed by atoms with Crippen molar-refractivity contribution < 1.29 is 9.53 Å². The van der Waals surface area contributed by atoms with Gasteiger partial charge in [0.05, 0.1) is 5.69 Å². The van der Waals surface area contributed by atoms with Gasteiger partial charge in [-0.05, 0) is 31.2 Å². The number of fused-ring (bicyclic) bond motifs is 1. The second kappa shape index (κ2) is 6.07. The number of carbonyl (C=O) groups excluding carboxylic acids is 1. The van der Waals surface area contributed by atoms with Crippen molar-refractivity contribution in [2.75, 3.05) is 31.0 Å². The maximum absolute atomic E-state index is 11.9. The van der Waals surface area contributed by atoms with Crippen LogP contribution in [0.25, 0.3) is 0 Å². The standard InChI is InChI=1S/C13H17ClN2O2/c1-15-8-10-3-4-12-11(7-10)16(6-2-5-14)13(17)9-18-12/h3-4,7,15H,2,5-6,8-9H2,1H3. The summed E-state index contributed by atoms with van der Waals surface area (Å²) in [6.07, 6.45) is 0.781. The quantitative estimate of drug-likeness (QED) is 0.828. The molecule has 5 heteroatoms. The minimum atomic E-state index is -0.00535. The van der Waals surface area contributed by atoms with E-state index in [1.165, 1.54) is 0 Å². The van der Waals surface area contributed by atoms with Crippen molar-refractivity contribution in [2.24, 2.45) is 0 Å². The van der Waals surface area contributed by atoms with Crippen LogP contribution < -0.4 is 15.0 Å². The van der Waals surface area contributed by atoms with Crippen LogP contribution in [0.1, 0.15) is 12.0 Å². The minimum Gasteiger partial charge on any atom is -0.482 e. The zero-order valence-corrected chi connectivity index (χ0v) is 11.2. The molecule has 0 unspecified atom stereocenters. The summed E-state index contributed by atoms with van der Waals surface area (Å²) in [7, 11) is 1.90. The highest BCUT2D eigenvalue weighted by Crippen LogP contribution is 2.33. The third kappa shape index (κ3) is 2.76. The Morgan fingerprint density at radius 1 is 1.50 bits per heavy atom. The van der Waals surface area contributed by atoms with Crippen LogP contribution in [0.15, 0.2) is 18.2 Å². The number of amides is 1. The largest absolute Gasteiger partial charge is 0.482 e. The number of rotatable bonds is 5. The molecular formula is C13H17ClN2O2. The van der Waals surface area contributed by atoms with Gasteiger partial charge in [-0.3, -0.25) is 4.79 Å². The summed E-state index contributed by atoms with van der Waals surface area (Å²) >= 11 is 5.70. The average molecular weight is 269 g/mol. The fourth-order valence-electron chi connectivity index (χ4n) is 2.02. The van der Waals surface area contributed by atoms with Crippen LogP contribution in [-0.2, 0) is 11.3 Å². The van der Waals surface area contributed by atoms with Gasteiger partial charge in [-0.25, -0.2) is 0 Å². The molecule has 0 radical (unpaired) electrons. The third-order valence-corrected chi connectivity index (χ3v) is 3.13. The molecule has 0 spiro atoms. The van der Waals surface area contributed by atoms with Crippen LogP contribution in [0, 0.1) is 0 Å². The maximum Gasteiger partial charge on any atom is 0.265 e. The first-order chi connectivity index (χ1) is 8.76. The lowest BCUT2D eigenvalue weighted by Gasteiger charge is -2.29. The van der Waals surface area contributed by atoms with E-state index in [1.54, 1.807) is 4.90 Å². The van der Waals surface area contributed by atoms with Gasteiger partial charge in [0.25, 0.3) is 5.91 Å². The van der Waals surface area contributed by atoms with Gasteiger partial charge in [-0.2, -0.15) is 0 Å². The predicted octanol–water partition coefficient (Wildman–Crippen LogP) is 1.76. The summed E-state index contributed by atoms with van der Waals surface area (Å²) in [5, 5.41) is 3.09. The lowest BCUT2D eigenvalue weighted by atomic mass is 10.1. The van der Waals surface area contributed by atoms with Crippen molar-refractivity contribution in [2.45, 2.75) is 13.0 Å². The van der Waals surface area contributed by atoms with E-state index < -0.39 is 0 Å². The van der Waals surface area contributed by atoms with Gasteiger partial charge in [-0.1, -0.05) is 6.07 Å². The van der Waals surface area contributed by atoms with Gasteiger partial charge in [0, 0.05) is 19.0 Å². The SMILES string of the molecule is CNCc1ccc2c(c1)N(CCCCl)C(=O)CO2. The Bertz CT molecular complexity index is 437. The Balaban J connectivity index is 2.27. The van der Waals surface area contributed by atoms with Gasteiger partial charge in [0.1, 0.15) is 5.75 Å². The topological polar surface area (TPSA) is 41.6 Å². The molecule has 0 bridgehead atoms. The molecule has 1 amide bonds. The Kier molecular flexibility index (Phi) is 4.44. The molecule has 18 heavy (non-hydrogen) atoms. The monoisotopic (exact) mass is 268 g/mol. The summed E-state index contributed by atoms with van der Waals surface area (Å²) in [5.41, 5.74) is 1.98. The van der Waals surface area contributed by atoms with E-state index in [4.69, 9.17) is 16.3 Å². The molecule has 0 aromatic heterocycles. The highest BCUT2D eigenvalue weighted by atomic mass is 35.5. The number of hydrogen-bond donors (Lipinski definition) is 1. The van der Waals surface area contributed by atoms with E-state index in [-0.39, 0.29) is 12.5 Å². The van der Waals surface area contributed by atoms with E-state index in [2.05, 4.69) is 5.32 Å². The van der Waals surface area contributed by atoms with Crippen molar-refractivity contribution in [1.82, 2.24) is 5.32 Å². The molecule has 1 aliphatic heterocycles. The number of anilines is 1. The van der Waals surface area contributed by atoms with Crippen molar-refractivity contribution >= 4 is 23.2 Å². The second-order valence-corrected chi connectivity index (χ2v) is 4.59. The number of hydrogen-bond acceptors (Lipinski definition) is 3. The number of carbonyl (C=O) groups is 1. The number of nitrogens with one attached hydrogen (secondary N) is 1. The van der Waals surface area contributed by atoms with Gasteiger partial charge in [0.2, 0.25) is 0 Å². The van der Waals surface area contributed by atoms with E-state index in [9.17, 15) is 4.79 Å². The first-order valence-corrected chi connectivity index (χ1v) is 6.56. The molecule has 0 atom stereocenters. The van der Waals surface area contributed by atoms with Crippen LogP contribution >= 0.6 is 11.6 Å². The zero-order valence-electron chi connectivity index (χ0n) is 10.4. The summed E-state index contributed by atoms with van der Waals surface area (Å²) < 4.78 is 5.43. The molecular weight excluding hydrogens is 252 g/mol. The summed E-state index contributed by atoms with van der Waals surface area (Å²) in [6, 6.07) is 5.92. The Morgan fingerprint density at radius 3 is 3.06 bits per heavy atom. The molecule has 1 aromatic rings. The van der Waals surface area contributed by atoms with Gasteiger partial charge in [0.15, 0.2) is 6.61 Å². The normalized spacial score (nSPS) is 14.3. The van der Waals surface area contributed by atoms with Crippen molar-refractivity contribution in [1.29, 1.82) is 0 Å². The van der Waals surface area contributed by atoms with Crippen LogP contribution in [0.4, 0.5) is 5.69 Å². The zero-order chi connectivity index (χ0) is 13.0. The fraction of sp³-hybridized carbons (Fsp3) is 0.462. The summed E-state index contributed by atoms with van der Waals surface area (Å²) in [4.78, 5) is 13.6. The average Bonchev–Trinajstić information content (AvgIpc) is 2.38. The number of ether oxygens (including phenoxy) is 1. The number of nitrogens with zero attached hydrogens (tertiary/aromatic N) is 1. The van der Waals surface area contributed by atoms with E-state index in [0.29, 0.717) is 12.4 Å². The second-order valence-electron chi connectivity index (χ2n) is 4.21. The Labute approximate surface area is 112 Å². The molecule has 2 rings (SSSR count). The summed E-state index contributed by atoms with van der Waals surface area (Å²) in [5.74, 6) is 1.31. The van der Waals surface area contributed by atoms with Crippen molar-refractivity contribution in [3.8, 4) is 5.75 Å². The van der Waals surface area contributed by atoms with E-state index in [1.807, 2.05) is 25.2 Å². The lowest BCUT2D eigenvalue weighted by molar-refractivity contribution is -0.121. The van der Waals surface area contributed by atoms with Crippen LogP contribution in [0.3, 0.4) is 0 Å². The van der Waals surface area contributed by atoms with Crippen LogP contribution in [0.2, 0.25) is 0 Å². The highest BCUT2D eigenvalue weighted by molar-refractivity contribution is 6.17. The molecule has 1 aromatic carbocycles. The minimum absolute atomic E-state index is 0.00535. The van der Waals surface area contributed by atoms with Crippen LogP contribution in [-0.4, -0.2) is 32.0 Å². The van der Waals surface area contributed by atoms with Crippen molar-refractivity contribution in [3.63, 3.8) is 0 Å². The number of alkyl halides is 1. The highest BCUT2D eigenvalue weighted by Gasteiger charge is 2.25. The molecule has 0 fully saturated rings. The first kappa shape index (κ1) is 13.2. The third-order valence-electron chi connectivity index (χ3n) is 2.86. The Morgan fingerprint density at radius 2 is 2.33 bits per heavy atom. The number of halogens is 1. The van der Waals surface area contributed by atoms with E-state index in [0.717, 1.165) is 30.0 Å². The first-order valence-electron chi connectivity index (χ1n) is 6.03. The summed E-state index contributed by atoms with van der Waals surface area (Å²) in [6.45, 7) is 1.52. The molecule has 0 aliphatic carbocycles.